The molecule has 0 spiro atoms. The van der Waals surface area contributed by atoms with Crippen LogP contribution in [0.4, 0.5) is 0 Å². The molecule has 1 rings (SSSR count). The van der Waals surface area contributed by atoms with Crippen LogP contribution in [0.15, 0.2) is 21.1 Å². The summed E-state index contributed by atoms with van der Waals surface area (Å²) in [7, 11) is 0. The molecule has 0 heterocycles. The van der Waals surface area contributed by atoms with Gasteiger partial charge in [-0.05, 0) is 49.9 Å². The second-order valence-electron chi connectivity index (χ2n) is 4.78. The van der Waals surface area contributed by atoms with Crippen molar-refractivity contribution >= 4 is 37.8 Å². The minimum Gasteiger partial charge on any atom is -0.466 e. The zero-order valence-electron chi connectivity index (χ0n) is 11.9. The normalized spacial score (nSPS) is 12.2. The molecule has 1 atom stereocenters. The van der Waals surface area contributed by atoms with Gasteiger partial charge in [0, 0.05) is 21.4 Å². The average molecular weight is 407 g/mol. The summed E-state index contributed by atoms with van der Waals surface area (Å²) in [6.07, 6.45) is 3.06. The number of hydrogen-bond acceptors (Lipinski definition) is 3. The number of halogens is 2. The molecule has 0 bridgehead atoms. The Morgan fingerprint density at radius 3 is 2.65 bits per heavy atom. The topological polar surface area (TPSA) is 52.3 Å². The average Bonchev–Trinajstić information content (AvgIpc) is 2.39. The van der Waals surface area contributed by atoms with Gasteiger partial charge in [0.25, 0.3) is 0 Å². The number of carbonyl (C=O) groups is 1. The summed E-state index contributed by atoms with van der Waals surface area (Å²) in [6, 6.07) is 4.11. The van der Waals surface area contributed by atoms with Gasteiger partial charge < -0.3 is 10.5 Å². The first kappa shape index (κ1) is 17.7. The van der Waals surface area contributed by atoms with Crippen molar-refractivity contribution < 1.29 is 9.53 Å². The van der Waals surface area contributed by atoms with E-state index in [4.69, 9.17) is 10.5 Å². The second kappa shape index (κ2) is 8.80. The number of hydrogen-bond donors (Lipinski definition) is 1. The lowest BCUT2D eigenvalue weighted by Gasteiger charge is -2.15. The van der Waals surface area contributed by atoms with Crippen LogP contribution in [0.5, 0.6) is 0 Å². The summed E-state index contributed by atoms with van der Waals surface area (Å²) >= 11 is 7.09. The van der Waals surface area contributed by atoms with E-state index < -0.39 is 0 Å². The van der Waals surface area contributed by atoms with Crippen molar-refractivity contribution in [1.82, 2.24) is 0 Å². The van der Waals surface area contributed by atoms with Crippen LogP contribution in [0.25, 0.3) is 0 Å². The van der Waals surface area contributed by atoms with Gasteiger partial charge in [-0.1, -0.05) is 38.3 Å². The highest BCUT2D eigenvalue weighted by Gasteiger charge is 2.12. The zero-order chi connectivity index (χ0) is 15.1. The van der Waals surface area contributed by atoms with Crippen molar-refractivity contribution in [1.29, 1.82) is 0 Å². The molecule has 2 N–H and O–H groups in total. The molecule has 0 radical (unpaired) electrons. The van der Waals surface area contributed by atoms with Crippen LogP contribution >= 0.6 is 31.9 Å². The molecule has 0 fully saturated rings. The van der Waals surface area contributed by atoms with Gasteiger partial charge in [-0.3, -0.25) is 4.79 Å². The van der Waals surface area contributed by atoms with Gasteiger partial charge in [0.1, 0.15) is 0 Å². The van der Waals surface area contributed by atoms with E-state index in [9.17, 15) is 4.79 Å². The standard InChI is InChI=1S/C15H21Br2NO2/c1-3-20-15(19)7-5-4-6-14(18)11-9-12(16)10(2)8-13(11)17/h8-9,14H,3-7,18H2,1-2H3. The molecule has 0 aliphatic heterocycles. The first-order valence-corrected chi connectivity index (χ1v) is 8.41. The van der Waals surface area contributed by atoms with E-state index in [0.29, 0.717) is 13.0 Å². The number of esters is 1. The van der Waals surface area contributed by atoms with Crippen LogP contribution in [0.1, 0.15) is 49.8 Å². The molecular formula is C15H21Br2NO2. The highest BCUT2D eigenvalue weighted by Crippen LogP contribution is 2.30. The molecule has 1 unspecified atom stereocenters. The Bertz CT molecular complexity index is 463. The van der Waals surface area contributed by atoms with Gasteiger partial charge in [0.2, 0.25) is 0 Å². The maximum Gasteiger partial charge on any atom is 0.305 e. The minimum atomic E-state index is -0.125. The van der Waals surface area contributed by atoms with E-state index in [0.717, 1.165) is 33.8 Å². The van der Waals surface area contributed by atoms with Crippen molar-refractivity contribution in [3.05, 3.63) is 32.2 Å². The third-order valence-corrected chi connectivity index (χ3v) is 4.67. The van der Waals surface area contributed by atoms with Gasteiger partial charge >= 0.3 is 5.97 Å². The highest BCUT2D eigenvalue weighted by molar-refractivity contribution is 9.11. The Hall–Kier alpha value is -0.390. The summed E-state index contributed by atoms with van der Waals surface area (Å²) < 4.78 is 7.00. The summed E-state index contributed by atoms with van der Waals surface area (Å²) in [5.74, 6) is -0.125. The smallest absolute Gasteiger partial charge is 0.305 e. The Morgan fingerprint density at radius 2 is 2.00 bits per heavy atom. The van der Waals surface area contributed by atoms with E-state index in [-0.39, 0.29) is 12.0 Å². The summed E-state index contributed by atoms with van der Waals surface area (Å²) in [4.78, 5) is 11.2. The van der Waals surface area contributed by atoms with E-state index in [1.165, 1.54) is 5.56 Å². The van der Waals surface area contributed by atoms with Crippen LogP contribution in [0, 0.1) is 6.92 Å². The molecule has 3 nitrogen and oxygen atoms in total. The first-order chi connectivity index (χ1) is 9.45. The fraction of sp³-hybridized carbons (Fsp3) is 0.533. The van der Waals surface area contributed by atoms with Crippen molar-refractivity contribution in [3.63, 3.8) is 0 Å². The molecule has 5 heteroatoms. The van der Waals surface area contributed by atoms with E-state index >= 15 is 0 Å². The third kappa shape index (κ3) is 5.54. The lowest BCUT2D eigenvalue weighted by molar-refractivity contribution is -0.143. The molecular weight excluding hydrogens is 386 g/mol. The number of aryl methyl sites for hydroxylation is 1. The molecule has 0 aliphatic carbocycles. The van der Waals surface area contributed by atoms with Crippen LogP contribution in [-0.4, -0.2) is 12.6 Å². The number of unbranched alkanes of at least 4 members (excludes halogenated alkanes) is 1. The van der Waals surface area contributed by atoms with Gasteiger partial charge in [-0.25, -0.2) is 0 Å². The maximum absolute atomic E-state index is 11.2. The van der Waals surface area contributed by atoms with Crippen LogP contribution in [0.2, 0.25) is 0 Å². The molecule has 0 amide bonds. The monoisotopic (exact) mass is 405 g/mol. The van der Waals surface area contributed by atoms with E-state index in [2.05, 4.69) is 44.0 Å². The number of ether oxygens (including phenoxy) is 1. The van der Waals surface area contributed by atoms with Crippen LogP contribution in [-0.2, 0) is 9.53 Å². The number of nitrogens with two attached hydrogens (primary N) is 1. The van der Waals surface area contributed by atoms with Crippen LogP contribution < -0.4 is 5.73 Å². The van der Waals surface area contributed by atoms with E-state index in [1.54, 1.807) is 0 Å². The molecule has 0 saturated heterocycles. The highest BCUT2D eigenvalue weighted by atomic mass is 79.9. The predicted octanol–water partition coefficient (Wildman–Crippen LogP) is 4.64. The number of carbonyl (C=O) groups excluding carboxylic acids is 1. The summed E-state index contributed by atoms with van der Waals surface area (Å²) in [5.41, 5.74) is 8.50. The Balaban J connectivity index is 2.45. The molecule has 1 aromatic rings. The quantitative estimate of drug-likeness (QED) is 0.529. The fourth-order valence-corrected chi connectivity index (χ4v) is 3.08. The SMILES string of the molecule is CCOC(=O)CCCCC(N)c1cc(Br)c(C)cc1Br. The minimum absolute atomic E-state index is 0.0246. The van der Waals surface area contributed by atoms with Crippen molar-refractivity contribution in [2.75, 3.05) is 6.61 Å². The summed E-state index contributed by atoms with van der Waals surface area (Å²) in [5, 5.41) is 0. The molecule has 0 saturated carbocycles. The van der Waals surface area contributed by atoms with Crippen molar-refractivity contribution in [2.45, 2.75) is 45.6 Å². The predicted molar refractivity (Wildman–Crippen MR) is 88.6 cm³/mol. The maximum atomic E-state index is 11.2. The zero-order valence-corrected chi connectivity index (χ0v) is 15.1. The Kier molecular flexibility index (Phi) is 7.77. The third-order valence-electron chi connectivity index (χ3n) is 3.13. The largest absolute Gasteiger partial charge is 0.466 e. The van der Waals surface area contributed by atoms with Gasteiger partial charge in [0.15, 0.2) is 0 Å². The van der Waals surface area contributed by atoms with Gasteiger partial charge in [-0.2, -0.15) is 0 Å². The van der Waals surface area contributed by atoms with E-state index in [1.807, 2.05) is 13.8 Å². The lowest BCUT2D eigenvalue weighted by Crippen LogP contribution is -2.11. The van der Waals surface area contributed by atoms with Gasteiger partial charge in [0.05, 0.1) is 6.61 Å². The fourth-order valence-electron chi connectivity index (χ4n) is 1.97. The molecule has 112 valence electrons. The number of rotatable bonds is 7. The Morgan fingerprint density at radius 1 is 1.30 bits per heavy atom. The van der Waals surface area contributed by atoms with Gasteiger partial charge in [-0.15, -0.1) is 0 Å². The molecule has 0 aromatic heterocycles. The lowest BCUT2D eigenvalue weighted by atomic mass is 10.0. The molecule has 20 heavy (non-hydrogen) atoms. The molecule has 1 aromatic carbocycles. The van der Waals surface area contributed by atoms with Crippen LogP contribution in [0.3, 0.4) is 0 Å². The Labute approximate surface area is 137 Å². The molecule has 0 aliphatic rings. The van der Waals surface area contributed by atoms with Crippen molar-refractivity contribution in [2.24, 2.45) is 5.73 Å². The summed E-state index contributed by atoms with van der Waals surface area (Å²) in [6.45, 7) is 4.31. The first-order valence-electron chi connectivity index (χ1n) is 6.82. The van der Waals surface area contributed by atoms with Crippen molar-refractivity contribution in [3.8, 4) is 0 Å². The second-order valence-corrected chi connectivity index (χ2v) is 6.49. The number of benzene rings is 1.